The van der Waals surface area contributed by atoms with Gasteiger partial charge in [-0.25, -0.2) is 19.9 Å². The third kappa shape index (κ3) is 3.20. The summed E-state index contributed by atoms with van der Waals surface area (Å²) in [5.41, 5.74) is 0.997. The third-order valence-electron chi connectivity index (χ3n) is 4.78. The Hall–Kier alpha value is -2.18. The van der Waals surface area contributed by atoms with E-state index in [0.717, 1.165) is 61.9 Å². The van der Waals surface area contributed by atoms with E-state index in [2.05, 4.69) is 40.0 Å². The number of hydrogen-bond donors (Lipinski definition) is 1. The molecule has 0 atom stereocenters. The second-order valence-corrected chi connectivity index (χ2v) is 6.23. The van der Waals surface area contributed by atoms with E-state index in [-0.39, 0.29) is 5.69 Å². The average Bonchev–Trinajstić information content (AvgIpc) is 3.01. The number of nitrogens with zero attached hydrogens (tertiary/aromatic N) is 5. The van der Waals surface area contributed by atoms with Crippen molar-refractivity contribution >= 4 is 5.82 Å². The number of aromatic nitrogens is 5. The first-order valence-corrected chi connectivity index (χ1v) is 8.93. The summed E-state index contributed by atoms with van der Waals surface area (Å²) in [4.78, 5) is 23.3. The smallest absolute Gasteiger partial charge is 0.343 e. The van der Waals surface area contributed by atoms with Gasteiger partial charge in [-0.15, -0.1) is 0 Å². The maximum absolute atomic E-state index is 11.8. The van der Waals surface area contributed by atoms with Gasteiger partial charge >= 0.3 is 5.69 Å². The monoisotopic (exact) mass is 330 g/mol. The average molecular weight is 330 g/mol. The minimum absolute atomic E-state index is 0.106. The number of piperidine rings is 1. The molecule has 1 aliphatic heterocycles. The molecule has 0 amide bonds. The molecule has 1 N–H and O–H groups in total. The van der Waals surface area contributed by atoms with Gasteiger partial charge in [-0.1, -0.05) is 13.8 Å². The molecule has 24 heavy (non-hydrogen) atoms. The molecule has 2 aromatic rings. The van der Waals surface area contributed by atoms with Gasteiger partial charge in [-0.05, 0) is 26.2 Å². The second-order valence-electron chi connectivity index (χ2n) is 6.23. The fourth-order valence-electron chi connectivity index (χ4n) is 3.35. The fraction of sp³-hybridized carbons (Fsp3) is 0.647. The Kier molecular flexibility index (Phi) is 4.97. The van der Waals surface area contributed by atoms with Crippen LogP contribution in [0, 0.1) is 0 Å². The zero-order chi connectivity index (χ0) is 17.1. The summed E-state index contributed by atoms with van der Waals surface area (Å²) < 4.78 is 1.75. The Balaban J connectivity index is 1.74. The topological polar surface area (TPSA) is 79.7 Å². The van der Waals surface area contributed by atoms with Gasteiger partial charge in [-0.3, -0.25) is 4.57 Å². The summed E-state index contributed by atoms with van der Waals surface area (Å²) in [5.74, 6) is 3.18. The van der Waals surface area contributed by atoms with Crippen LogP contribution >= 0.6 is 0 Å². The Labute approximate surface area is 142 Å². The van der Waals surface area contributed by atoms with Crippen molar-refractivity contribution in [2.24, 2.45) is 0 Å². The Morgan fingerprint density at radius 2 is 1.92 bits per heavy atom. The van der Waals surface area contributed by atoms with Gasteiger partial charge in [-0.2, -0.15) is 5.10 Å². The van der Waals surface area contributed by atoms with Crippen LogP contribution in [0.15, 0.2) is 10.9 Å². The molecule has 1 fully saturated rings. The maximum atomic E-state index is 11.8. The minimum atomic E-state index is -0.106. The van der Waals surface area contributed by atoms with E-state index >= 15 is 0 Å². The molecule has 1 saturated heterocycles. The highest BCUT2D eigenvalue weighted by molar-refractivity contribution is 5.40. The van der Waals surface area contributed by atoms with Crippen molar-refractivity contribution in [3.63, 3.8) is 0 Å². The summed E-state index contributed by atoms with van der Waals surface area (Å²) in [6.07, 6.45) is 3.75. The van der Waals surface area contributed by atoms with Gasteiger partial charge in [0.2, 0.25) is 0 Å². The zero-order valence-electron chi connectivity index (χ0n) is 14.7. The van der Waals surface area contributed by atoms with Crippen LogP contribution in [0.4, 0.5) is 5.82 Å². The lowest BCUT2D eigenvalue weighted by Gasteiger charge is -2.32. The molecule has 1 aliphatic rings. The van der Waals surface area contributed by atoms with Crippen molar-refractivity contribution in [1.82, 2.24) is 24.7 Å². The highest BCUT2D eigenvalue weighted by Gasteiger charge is 2.26. The highest BCUT2D eigenvalue weighted by Crippen LogP contribution is 2.28. The molecular weight excluding hydrogens is 304 g/mol. The molecule has 7 heteroatoms. The van der Waals surface area contributed by atoms with E-state index in [1.165, 1.54) is 0 Å². The summed E-state index contributed by atoms with van der Waals surface area (Å²) in [6.45, 7) is 8.72. The predicted molar refractivity (Wildman–Crippen MR) is 93.5 cm³/mol. The molecule has 0 spiro atoms. The number of nitrogens with one attached hydrogen (secondary N) is 1. The van der Waals surface area contributed by atoms with Gasteiger partial charge in [0, 0.05) is 43.7 Å². The van der Waals surface area contributed by atoms with Crippen LogP contribution in [0.5, 0.6) is 0 Å². The first kappa shape index (κ1) is 16.7. The first-order chi connectivity index (χ1) is 11.7. The van der Waals surface area contributed by atoms with Crippen molar-refractivity contribution < 1.29 is 0 Å². The molecule has 3 rings (SSSR count). The van der Waals surface area contributed by atoms with Crippen molar-refractivity contribution in [2.75, 3.05) is 18.0 Å². The Morgan fingerprint density at radius 1 is 1.17 bits per heavy atom. The number of aryl methyl sites for hydroxylation is 2. The zero-order valence-corrected chi connectivity index (χ0v) is 14.7. The van der Waals surface area contributed by atoms with Gasteiger partial charge in [0.25, 0.3) is 0 Å². The van der Waals surface area contributed by atoms with Crippen LogP contribution in [0.25, 0.3) is 0 Å². The van der Waals surface area contributed by atoms with Crippen LogP contribution < -0.4 is 10.6 Å². The highest BCUT2D eigenvalue weighted by atomic mass is 16.1. The number of aromatic amines is 1. The molecule has 2 aromatic heterocycles. The van der Waals surface area contributed by atoms with E-state index < -0.39 is 0 Å². The van der Waals surface area contributed by atoms with Crippen molar-refractivity contribution in [1.29, 1.82) is 0 Å². The van der Waals surface area contributed by atoms with Gasteiger partial charge < -0.3 is 4.90 Å². The summed E-state index contributed by atoms with van der Waals surface area (Å²) in [7, 11) is 0. The normalized spacial score (nSPS) is 15.9. The molecule has 7 nitrogen and oxygen atoms in total. The minimum Gasteiger partial charge on any atom is -0.356 e. The van der Waals surface area contributed by atoms with Gasteiger partial charge in [0.15, 0.2) is 0 Å². The van der Waals surface area contributed by atoms with Gasteiger partial charge in [0.1, 0.15) is 17.5 Å². The van der Waals surface area contributed by atoms with E-state index in [1.54, 1.807) is 4.57 Å². The molecular formula is C17H26N6O. The molecule has 0 aliphatic carbocycles. The molecule has 0 aromatic carbocycles. The van der Waals surface area contributed by atoms with Crippen molar-refractivity contribution in [3.8, 4) is 0 Å². The van der Waals surface area contributed by atoms with Crippen molar-refractivity contribution in [2.45, 2.75) is 58.9 Å². The van der Waals surface area contributed by atoms with E-state index in [4.69, 9.17) is 4.98 Å². The molecule has 0 bridgehead atoms. The lowest BCUT2D eigenvalue weighted by Crippen LogP contribution is -2.35. The number of anilines is 1. The molecule has 3 heterocycles. The van der Waals surface area contributed by atoms with E-state index in [1.807, 2.05) is 6.92 Å². The van der Waals surface area contributed by atoms with Gasteiger partial charge in [0.05, 0.1) is 0 Å². The van der Waals surface area contributed by atoms with E-state index in [9.17, 15) is 4.79 Å². The lowest BCUT2D eigenvalue weighted by molar-refractivity contribution is 0.463. The Bertz CT molecular complexity index is 720. The van der Waals surface area contributed by atoms with Crippen LogP contribution in [0.3, 0.4) is 0 Å². The standard InChI is InChI=1S/C17H26N6O/c1-4-13-11-15(19-14(5-2)18-13)22-9-7-12(8-10-22)16-20-21-17(24)23(16)6-3/h11-12H,4-10H2,1-3H3,(H,21,24). The van der Waals surface area contributed by atoms with Crippen LogP contribution in [0.2, 0.25) is 0 Å². The molecule has 130 valence electrons. The predicted octanol–water partition coefficient (Wildman–Crippen LogP) is 1.89. The van der Waals surface area contributed by atoms with Crippen LogP contribution in [-0.4, -0.2) is 37.8 Å². The summed E-state index contributed by atoms with van der Waals surface area (Å²) >= 11 is 0. The Morgan fingerprint density at radius 3 is 2.54 bits per heavy atom. The molecule has 0 saturated carbocycles. The SMILES string of the molecule is CCc1cc(N2CCC(c3n[nH]c(=O)n3CC)CC2)nc(CC)n1. The summed E-state index contributed by atoms with van der Waals surface area (Å²) in [5, 5.41) is 6.83. The first-order valence-electron chi connectivity index (χ1n) is 8.93. The fourth-order valence-corrected chi connectivity index (χ4v) is 3.35. The number of rotatable bonds is 5. The largest absolute Gasteiger partial charge is 0.356 e. The van der Waals surface area contributed by atoms with Crippen LogP contribution in [0.1, 0.15) is 56.9 Å². The second kappa shape index (κ2) is 7.15. The number of H-pyrrole nitrogens is 1. The summed E-state index contributed by atoms with van der Waals surface area (Å²) in [6, 6.07) is 2.11. The van der Waals surface area contributed by atoms with E-state index in [0.29, 0.717) is 12.5 Å². The molecule has 0 unspecified atom stereocenters. The maximum Gasteiger partial charge on any atom is 0.343 e. The molecule has 0 radical (unpaired) electrons. The van der Waals surface area contributed by atoms with Crippen molar-refractivity contribution in [3.05, 3.63) is 33.9 Å². The quantitative estimate of drug-likeness (QED) is 0.905. The van der Waals surface area contributed by atoms with Crippen LogP contribution in [-0.2, 0) is 19.4 Å². The number of hydrogen-bond acceptors (Lipinski definition) is 5. The third-order valence-corrected chi connectivity index (χ3v) is 4.78. The lowest BCUT2D eigenvalue weighted by atomic mass is 9.96.